The standard InChI is InChI=1S/C16H25N/c1-3-5-6-12-17-13-8-11-16-10-7-9-15(4-2)14-16/h4,7,9-10,14,17H,2-3,5-6,8,11-13H2,1H3. The highest BCUT2D eigenvalue weighted by atomic mass is 14.8. The van der Waals surface area contributed by atoms with Gasteiger partial charge in [0, 0.05) is 0 Å². The minimum Gasteiger partial charge on any atom is -0.317 e. The summed E-state index contributed by atoms with van der Waals surface area (Å²) in [5.41, 5.74) is 2.64. The molecule has 1 aromatic carbocycles. The Kier molecular flexibility index (Phi) is 7.40. The van der Waals surface area contributed by atoms with Gasteiger partial charge >= 0.3 is 0 Å². The van der Waals surface area contributed by atoms with E-state index in [4.69, 9.17) is 0 Å². The molecule has 0 saturated heterocycles. The monoisotopic (exact) mass is 231 g/mol. The lowest BCUT2D eigenvalue weighted by Gasteiger charge is -2.05. The van der Waals surface area contributed by atoms with Crippen LogP contribution in [0, 0.1) is 0 Å². The van der Waals surface area contributed by atoms with E-state index in [-0.39, 0.29) is 0 Å². The van der Waals surface area contributed by atoms with Crippen LogP contribution in [0.2, 0.25) is 0 Å². The maximum absolute atomic E-state index is 3.80. The summed E-state index contributed by atoms with van der Waals surface area (Å²) in [6.45, 7) is 8.33. The maximum Gasteiger partial charge on any atom is -0.00457 e. The van der Waals surface area contributed by atoms with Crippen molar-refractivity contribution in [2.24, 2.45) is 0 Å². The molecule has 0 aliphatic rings. The Morgan fingerprint density at radius 2 is 2.00 bits per heavy atom. The molecule has 1 rings (SSSR count). The van der Waals surface area contributed by atoms with Gasteiger partial charge < -0.3 is 5.32 Å². The molecule has 0 saturated carbocycles. The molecule has 1 aromatic rings. The summed E-state index contributed by atoms with van der Waals surface area (Å²) in [6.07, 6.45) is 8.23. The molecular formula is C16H25N. The highest BCUT2D eigenvalue weighted by Gasteiger charge is 1.94. The lowest BCUT2D eigenvalue weighted by Crippen LogP contribution is -2.17. The van der Waals surface area contributed by atoms with Gasteiger partial charge in [-0.3, -0.25) is 0 Å². The van der Waals surface area contributed by atoms with E-state index in [9.17, 15) is 0 Å². The van der Waals surface area contributed by atoms with Crippen molar-refractivity contribution in [3.05, 3.63) is 42.0 Å². The van der Waals surface area contributed by atoms with Gasteiger partial charge in [0.1, 0.15) is 0 Å². The van der Waals surface area contributed by atoms with Crippen molar-refractivity contribution in [1.29, 1.82) is 0 Å². The number of nitrogens with one attached hydrogen (secondary N) is 1. The van der Waals surface area contributed by atoms with E-state index in [0.29, 0.717) is 0 Å². The lowest BCUT2D eigenvalue weighted by atomic mass is 10.1. The molecule has 0 fully saturated rings. The number of unbranched alkanes of at least 4 members (excludes halogenated alkanes) is 2. The highest BCUT2D eigenvalue weighted by Crippen LogP contribution is 2.08. The summed E-state index contributed by atoms with van der Waals surface area (Å²) in [5, 5.41) is 3.50. The van der Waals surface area contributed by atoms with Crippen molar-refractivity contribution in [1.82, 2.24) is 5.32 Å². The van der Waals surface area contributed by atoms with Crippen LogP contribution in [0.15, 0.2) is 30.8 Å². The number of aryl methyl sites for hydroxylation is 1. The average molecular weight is 231 g/mol. The molecule has 0 aliphatic carbocycles. The van der Waals surface area contributed by atoms with Crippen LogP contribution in [0.1, 0.15) is 43.7 Å². The van der Waals surface area contributed by atoms with Crippen LogP contribution in [0.3, 0.4) is 0 Å². The van der Waals surface area contributed by atoms with Gasteiger partial charge in [0.25, 0.3) is 0 Å². The molecule has 94 valence electrons. The fraction of sp³-hybridized carbons (Fsp3) is 0.500. The minimum atomic E-state index is 1.13. The molecule has 17 heavy (non-hydrogen) atoms. The smallest absolute Gasteiger partial charge is 0.00457 e. The molecule has 0 heterocycles. The predicted octanol–water partition coefficient (Wildman–Crippen LogP) is 4.04. The molecule has 1 N–H and O–H groups in total. The molecule has 0 bridgehead atoms. The number of rotatable bonds is 9. The maximum atomic E-state index is 3.80. The molecule has 0 aromatic heterocycles. The predicted molar refractivity (Wildman–Crippen MR) is 77.2 cm³/mol. The molecular weight excluding hydrogens is 206 g/mol. The van der Waals surface area contributed by atoms with Gasteiger partial charge in [-0.05, 0) is 43.5 Å². The van der Waals surface area contributed by atoms with Crippen LogP contribution < -0.4 is 5.32 Å². The van der Waals surface area contributed by atoms with Crippen LogP contribution in [0.4, 0.5) is 0 Å². The molecule has 1 heteroatoms. The van der Waals surface area contributed by atoms with Gasteiger partial charge in [0.15, 0.2) is 0 Å². The zero-order valence-corrected chi connectivity index (χ0v) is 11.0. The normalized spacial score (nSPS) is 10.4. The Bertz CT molecular complexity index is 317. The van der Waals surface area contributed by atoms with E-state index in [1.807, 2.05) is 6.08 Å². The summed E-state index contributed by atoms with van der Waals surface area (Å²) in [4.78, 5) is 0. The molecule has 0 atom stereocenters. The molecule has 0 unspecified atom stereocenters. The zero-order chi connectivity index (χ0) is 12.3. The molecule has 0 radical (unpaired) electrons. The van der Waals surface area contributed by atoms with Gasteiger partial charge in [-0.15, -0.1) is 0 Å². The van der Waals surface area contributed by atoms with E-state index in [2.05, 4.69) is 43.1 Å². The van der Waals surface area contributed by atoms with Gasteiger partial charge in [-0.1, -0.05) is 56.7 Å². The van der Waals surface area contributed by atoms with Crippen LogP contribution in [-0.2, 0) is 6.42 Å². The van der Waals surface area contributed by atoms with Crippen LogP contribution >= 0.6 is 0 Å². The van der Waals surface area contributed by atoms with Gasteiger partial charge in [0.05, 0.1) is 0 Å². The first-order valence-electron chi connectivity index (χ1n) is 6.79. The zero-order valence-electron chi connectivity index (χ0n) is 11.0. The van der Waals surface area contributed by atoms with E-state index >= 15 is 0 Å². The second-order valence-electron chi connectivity index (χ2n) is 4.51. The van der Waals surface area contributed by atoms with Crippen molar-refractivity contribution in [2.45, 2.75) is 39.0 Å². The summed E-state index contributed by atoms with van der Waals surface area (Å²) in [7, 11) is 0. The first kappa shape index (κ1) is 14.0. The van der Waals surface area contributed by atoms with Crippen molar-refractivity contribution in [3.63, 3.8) is 0 Å². The fourth-order valence-corrected chi connectivity index (χ4v) is 1.92. The van der Waals surface area contributed by atoms with Crippen molar-refractivity contribution >= 4 is 6.08 Å². The topological polar surface area (TPSA) is 12.0 Å². The van der Waals surface area contributed by atoms with Crippen molar-refractivity contribution in [3.8, 4) is 0 Å². The second-order valence-corrected chi connectivity index (χ2v) is 4.51. The fourth-order valence-electron chi connectivity index (χ4n) is 1.92. The largest absolute Gasteiger partial charge is 0.317 e. The first-order chi connectivity index (χ1) is 8.36. The van der Waals surface area contributed by atoms with Crippen molar-refractivity contribution < 1.29 is 0 Å². The molecule has 1 nitrogen and oxygen atoms in total. The third-order valence-corrected chi connectivity index (χ3v) is 2.96. The third kappa shape index (κ3) is 6.28. The van der Waals surface area contributed by atoms with Crippen molar-refractivity contribution in [2.75, 3.05) is 13.1 Å². The minimum absolute atomic E-state index is 1.13. The van der Waals surface area contributed by atoms with E-state index < -0.39 is 0 Å². The Morgan fingerprint density at radius 1 is 1.18 bits per heavy atom. The lowest BCUT2D eigenvalue weighted by molar-refractivity contribution is 0.599. The molecule has 0 aliphatic heterocycles. The second kappa shape index (κ2) is 9.00. The van der Waals surface area contributed by atoms with Gasteiger partial charge in [-0.2, -0.15) is 0 Å². The first-order valence-corrected chi connectivity index (χ1v) is 6.79. The van der Waals surface area contributed by atoms with Gasteiger partial charge in [0.2, 0.25) is 0 Å². The average Bonchev–Trinajstić information content (AvgIpc) is 2.38. The molecule has 0 amide bonds. The Morgan fingerprint density at radius 3 is 2.76 bits per heavy atom. The summed E-state index contributed by atoms with van der Waals surface area (Å²) < 4.78 is 0. The number of benzene rings is 1. The number of hydrogen-bond donors (Lipinski definition) is 1. The van der Waals surface area contributed by atoms with E-state index in [0.717, 1.165) is 13.0 Å². The highest BCUT2D eigenvalue weighted by molar-refractivity contribution is 5.47. The SMILES string of the molecule is C=Cc1cccc(CCCNCCCCC)c1. The van der Waals surface area contributed by atoms with Crippen LogP contribution in [0.5, 0.6) is 0 Å². The third-order valence-electron chi connectivity index (χ3n) is 2.96. The van der Waals surface area contributed by atoms with Crippen LogP contribution in [0.25, 0.3) is 6.08 Å². The number of hydrogen-bond acceptors (Lipinski definition) is 1. The summed E-state index contributed by atoms with van der Waals surface area (Å²) in [6, 6.07) is 8.63. The Balaban J connectivity index is 2.11. The Hall–Kier alpha value is -1.08. The summed E-state index contributed by atoms with van der Waals surface area (Å²) in [5.74, 6) is 0. The van der Waals surface area contributed by atoms with E-state index in [1.54, 1.807) is 0 Å². The molecule has 0 spiro atoms. The quantitative estimate of drug-likeness (QED) is 0.632. The van der Waals surface area contributed by atoms with Gasteiger partial charge in [-0.25, -0.2) is 0 Å². The summed E-state index contributed by atoms with van der Waals surface area (Å²) >= 11 is 0. The van der Waals surface area contributed by atoms with E-state index in [1.165, 1.54) is 43.4 Å². The Labute approximate surface area is 106 Å². The van der Waals surface area contributed by atoms with Crippen LogP contribution in [-0.4, -0.2) is 13.1 Å².